The van der Waals surface area contributed by atoms with E-state index in [2.05, 4.69) is 23.9 Å². The smallest absolute Gasteiger partial charge is 0.226 e. The highest BCUT2D eigenvalue weighted by Gasteiger charge is 2.24. The van der Waals surface area contributed by atoms with E-state index in [1.807, 2.05) is 11.8 Å². The van der Waals surface area contributed by atoms with Gasteiger partial charge in [-0.05, 0) is 14.1 Å². The molecule has 1 heterocycles. The van der Waals surface area contributed by atoms with E-state index in [0.29, 0.717) is 5.88 Å². The molecule has 0 aromatic rings. The molecule has 1 atom stereocenters. The Kier molecular flexibility index (Phi) is 6.23. The molecule has 1 rings (SSSR count). The van der Waals surface area contributed by atoms with Crippen LogP contribution in [0.4, 0.5) is 0 Å². The maximum Gasteiger partial charge on any atom is 0.226 e. The lowest BCUT2D eigenvalue weighted by Crippen LogP contribution is -2.51. The van der Waals surface area contributed by atoms with Gasteiger partial charge in [-0.25, -0.2) is 0 Å². The Hall–Kier alpha value is -0.320. The van der Waals surface area contributed by atoms with Crippen LogP contribution in [-0.4, -0.2) is 79.9 Å². The first kappa shape index (κ1) is 14.7. The van der Waals surface area contributed by atoms with Gasteiger partial charge in [0.2, 0.25) is 5.91 Å². The number of carbonyl (C=O) groups excluding carboxylic acids is 1. The number of piperazine rings is 1. The van der Waals surface area contributed by atoms with Crippen molar-refractivity contribution in [3.05, 3.63) is 0 Å². The number of carbonyl (C=O) groups is 1. The van der Waals surface area contributed by atoms with Gasteiger partial charge in [0, 0.05) is 51.1 Å². The molecule has 1 fully saturated rings. The quantitative estimate of drug-likeness (QED) is 0.677. The van der Waals surface area contributed by atoms with Crippen molar-refractivity contribution in [2.45, 2.75) is 6.92 Å². The summed E-state index contributed by atoms with van der Waals surface area (Å²) in [6, 6.07) is 0. The van der Waals surface area contributed by atoms with E-state index in [1.54, 1.807) is 0 Å². The predicted octanol–water partition coefficient (Wildman–Crippen LogP) is 0.567. The lowest BCUT2D eigenvalue weighted by Gasteiger charge is -2.36. The molecule has 0 aromatic carbocycles. The van der Waals surface area contributed by atoms with Crippen molar-refractivity contribution < 1.29 is 4.79 Å². The van der Waals surface area contributed by atoms with E-state index in [4.69, 9.17) is 11.6 Å². The molecule has 5 heteroatoms. The zero-order valence-electron chi connectivity index (χ0n) is 11.2. The van der Waals surface area contributed by atoms with Crippen molar-refractivity contribution in [3.63, 3.8) is 0 Å². The molecular formula is C12H24ClN3O. The molecule has 0 spiro atoms. The minimum atomic E-state index is -0.0509. The minimum Gasteiger partial charge on any atom is -0.340 e. The highest BCUT2D eigenvalue weighted by Crippen LogP contribution is 2.08. The summed E-state index contributed by atoms with van der Waals surface area (Å²) < 4.78 is 0. The molecule has 1 saturated heterocycles. The van der Waals surface area contributed by atoms with Crippen molar-refractivity contribution >= 4 is 17.5 Å². The normalized spacial score (nSPS) is 19.7. The zero-order chi connectivity index (χ0) is 12.8. The summed E-state index contributed by atoms with van der Waals surface area (Å²) in [5, 5.41) is 0. The summed E-state index contributed by atoms with van der Waals surface area (Å²) in [6.45, 7) is 7.70. The zero-order valence-corrected chi connectivity index (χ0v) is 11.9. The summed E-state index contributed by atoms with van der Waals surface area (Å²) in [7, 11) is 4.17. The van der Waals surface area contributed by atoms with Gasteiger partial charge in [-0.2, -0.15) is 0 Å². The monoisotopic (exact) mass is 261 g/mol. The van der Waals surface area contributed by atoms with Crippen LogP contribution in [0, 0.1) is 5.92 Å². The summed E-state index contributed by atoms with van der Waals surface area (Å²) in [4.78, 5) is 18.5. The van der Waals surface area contributed by atoms with E-state index in [0.717, 1.165) is 39.3 Å². The fourth-order valence-corrected chi connectivity index (χ4v) is 2.04. The van der Waals surface area contributed by atoms with E-state index in [9.17, 15) is 4.79 Å². The van der Waals surface area contributed by atoms with E-state index in [1.165, 1.54) is 0 Å². The Morgan fingerprint density at radius 3 is 2.35 bits per heavy atom. The third-order valence-corrected chi connectivity index (χ3v) is 3.66. The number of rotatable bonds is 5. The Labute approximate surface area is 109 Å². The summed E-state index contributed by atoms with van der Waals surface area (Å²) in [5.41, 5.74) is 0. The van der Waals surface area contributed by atoms with Gasteiger partial charge in [-0.1, -0.05) is 6.92 Å². The molecular weight excluding hydrogens is 238 g/mol. The highest BCUT2D eigenvalue weighted by molar-refractivity contribution is 6.19. The number of amides is 1. The minimum absolute atomic E-state index is 0.0509. The summed E-state index contributed by atoms with van der Waals surface area (Å²) in [6.07, 6.45) is 0. The van der Waals surface area contributed by atoms with Crippen molar-refractivity contribution in [1.29, 1.82) is 0 Å². The highest BCUT2D eigenvalue weighted by atomic mass is 35.5. The maximum absolute atomic E-state index is 11.9. The van der Waals surface area contributed by atoms with Gasteiger partial charge in [0.15, 0.2) is 0 Å². The van der Waals surface area contributed by atoms with Crippen molar-refractivity contribution in [3.8, 4) is 0 Å². The van der Waals surface area contributed by atoms with Crippen molar-refractivity contribution in [2.75, 3.05) is 59.2 Å². The van der Waals surface area contributed by atoms with E-state index in [-0.39, 0.29) is 11.8 Å². The Morgan fingerprint density at radius 1 is 1.29 bits per heavy atom. The van der Waals surface area contributed by atoms with Crippen LogP contribution in [-0.2, 0) is 4.79 Å². The first-order valence-electron chi connectivity index (χ1n) is 6.26. The van der Waals surface area contributed by atoms with Crippen LogP contribution in [0.1, 0.15) is 6.92 Å². The number of likely N-dealkylation sites (N-methyl/N-ethyl adjacent to an activating group) is 1. The lowest BCUT2D eigenvalue weighted by atomic mass is 10.1. The molecule has 0 aliphatic carbocycles. The molecule has 17 heavy (non-hydrogen) atoms. The first-order valence-corrected chi connectivity index (χ1v) is 6.80. The maximum atomic E-state index is 11.9. The second kappa shape index (κ2) is 7.19. The van der Waals surface area contributed by atoms with Crippen LogP contribution in [0.3, 0.4) is 0 Å². The molecule has 100 valence electrons. The van der Waals surface area contributed by atoms with Gasteiger partial charge in [0.05, 0.1) is 0 Å². The molecule has 4 nitrogen and oxygen atoms in total. The van der Waals surface area contributed by atoms with Crippen molar-refractivity contribution in [1.82, 2.24) is 14.7 Å². The topological polar surface area (TPSA) is 26.8 Å². The molecule has 0 aromatic heterocycles. The van der Waals surface area contributed by atoms with Gasteiger partial charge in [-0.3, -0.25) is 9.69 Å². The number of nitrogens with zero attached hydrogens (tertiary/aromatic N) is 3. The average molecular weight is 262 g/mol. The van der Waals surface area contributed by atoms with Crippen LogP contribution in [0.25, 0.3) is 0 Å². The molecule has 1 unspecified atom stereocenters. The summed E-state index contributed by atoms with van der Waals surface area (Å²) >= 11 is 5.72. The van der Waals surface area contributed by atoms with Gasteiger partial charge >= 0.3 is 0 Å². The lowest BCUT2D eigenvalue weighted by molar-refractivity contribution is -0.136. The first-order chi connectivity index (χ1) is 8.04. The predicted molar refractivity (Wildman–Crippen MR) is 71.5 cm³/mol. The Bertz CT molecular complexity index is 240. The standard InChI is InChI=1S/C12H24ClN3O/c1-11(10-13)12(17)16-8-6-15(7-9-16)5-4-14(2)3/h11H,4-10H2,1-3H3. The van der Waals surface area contributed by atoms with E-state index < -0.39 is 0 Å². The van der Waals surface area contributed by atoms with Crippen LogP contribution in [0.5, 0.6) is 0 Å². The number of alkyl halides is 1. The van der Waals surface area contributed by atoms with Gasteiger partial charge in [0.25, 0.3) is 0 Å². The number of halogens is 1. The largest absolute Gasteiger partial charge is 0.340 e. The summed E-state index contributed by atoms with van der Waals surface area (Å²) in [5.74, 6) is 0.567. The van der Waals surface area contributed by atoms with Gasteiger partial charge in [0.1, 0.15) is 0 Å². The second-order valence-corrected chi connectivity index (χ2v) is 5.33. The van der Waals surface area contributed by atoms with Gasteiger partial charge in [-0.15, -0.1) is 11.6 Å². The van der Waals surface area contributed by atoms with Crippen LogP contribution in [0.2, 0.25) is 0 Å². The van der Waals surface area contributed by atoms with Crippen LogP contribution >= 0.6 is 11.6 Å². The molecule has 0 bridgehead atoms. The number of hydrogen-bond donors (Lipinski definition) is 0. The molecule has 1 aliphatic rings. The van der Waals surface area contributed by atoms with Crippen molar-refractivity contribution in [2.24, 2.45) is 5.92 Å². The third kappa shape index (κ3) is 4.82. The molecule has 1 amide bonds. The van der Waals surface area contributed by atoms with Crippen LogP contribution < -0.4 is 0 Å². The Balaban J connectivity index is 2.28. The molecule has 0 radical (unpaired) electrons. The second-order valence-electron chi connectivity index (χ2n) is 5.03. The van der Waals surface area contributed by atoms with E-state index >= 15 is 0 Å². The molecule has 0 N–H and O–H groups in total. The SMILES string of the molecule is CC(CCl)C(=O)N1CCN(CCN(C)C)CC1. The fourth-order valence-electron chi connectivity index (χ4n) is 1.91. The fraction of sp³-hybridized carbons (Fsp3) is 0.917. The Morgan fingerprint density at radius 2 is 1.88 bits per heavy atom. The van der Waals surface area contributed by atoms with Gasteiger partial charge < -0.3 is 9.80 Å². The molecule has 1 aliphatic heterocycles. The number of hydrogen-bond acceptors (Lipinski definition) is 3. The van der Waals surface area contributed by atoms with Crippen LogP contribution in [0.15, 0.2) is 0 Å². The third-order valence-electron chi connectivity index (χ3n) is 3.20. The molecule has 0 saturated carbocycles. The average Bonchev–Trinajstić information content (AvgIpc) is 2.35.